The molecule has 1 aromatic carbocycles. The SMILES string of the molecule is O=c1[nH]c(Cl)cc2c([N+](=O)[O-])cccc12. The molecule has 0 aliphatic carbocycles. The molecule has 15 heavy (non-hydrogen) atoms. The van der Waals surface area contributed by atoms with Crippen LogP contribution < -0.4 is 5.56 Å². The largest absolute Gasteiger partial charge is 0.312 e. The number of nitro benzene ring substituents is 1. The molecule has 76 valence electrons. The van der Waals surface area contributed by atoms with Gasteiger partial charge in [0.15, 0.2) is 0 Å². The number of pyridine rings is 1. The fourth-order valence-corrected chi connectivity index (χ4v) is 1.60. The molecular formula is C9H5ClN2O3. The first kappa shape index (κ1) is 9.67. The average Bonchev–Trinajstić information content (AvgIpc) is 2.16. The van der Waals surface area contributed by atoms with E-state index in [4.69, 9.17) is 11.6 Å². The minimum absolute atomic E-state index is 0.0850. The molecule has 2 rings (SSSR count). The van der Waals surface area contributed by atoms with Gasteiger partial charge in [-0.25, -0.2) is 0 Å². The Morgan fingerprint density at radius 2 is 2.07 bits per heavy atom. The summed E-state index contributed by atoms with van der Waals surface area (Å²) in [6.45, 7) is 0. The standard InChI is InChI=1S/C9H5ClN2O3/c10-8-4-6-5(9(13)11-8)2-1-3-7(6)12(14)15/h1-4H,(H,11,13). The minimum atomic E-state index is -0.544. The third-order valence-electron chi connectivity index (χ3n) is 2.03. The molecule has 1 heterocycles. The third kappa shape index (κ3) is 1.57. The van der Waals surface area contributed by atoms with Gasteiger partial charge in [0, 0.05) is 6.07 Å². The summed E-state index contributed by atoms with van der Waals surface area (Å²) >= 11 is 5.62. The molecule has 0 atom stereocenters. The van der Waals surface area contributed by atoms with E-state index in [1.165, 1.54) is 24.3 Å². The zero-order valence-electron chi connectivity index (χ0n) is 7.36. The molecule has 0 saturated heterocycles. The van der Waals surface area contributed by atoms with Crippen molar-refractivity contribution >= 4 is 28.1 Å². The molecular weight excluding hydrogens is 220 g/mol. The normalized spacial score (nSPS) is 10.5. The average molecular weight is 225 g/mol. The molecule has 5 nitrogen and oxygen atoms in total. The zero-order valence-corrected chi connectivity index (χ0v) is 8.12. The van der Waals surface area contributed by atoms with Crippen molar-refractivity contribution in [3.63, 3.8) is 0 Å². The third-order valence-corrected chi connectivity index (χ3v) is 2.23. The van der Waals surface area contributed by atoms with Gasteiger partial charge in [-0.3, -0.25) is 14.9 Å². The maximum absolute atomic E-state index is 11.4. The lowest BCUT2D eigenvalue weighted by molar-refractivity contribution is -0.383. The molecule has 0 saturated carbocycles. The van der Waals surface area contributed by atoms with Gasteiger partial charge in [0.05, 0.1) is 15.7 Å². The fourth-order valence-electron chi connectivity index (χ4n) is 1.40. The molecule has 0 radical (unpaired) electrons. The first-order chi connectivity index (χ1) is 7.09. The van der Waals surface area contributed by atoms with Gasteiger partial charge >= 0.3 is 0 Å². The van der Waals surface area contributed by atoms with Crippen LogP contribution in [0.3, 0.4) is 0 Å². The number of fused-ring (bicyclic) bond motifs is 1. The van der Waals surface area contributed by atoms with Gasteiger partial charge in [0.25, 0.3) is 11.2 Å². The van der Waals surface area contributed by atoms with Gasteiger partial charge in [0.2, 0.25) is 0 Å². The summed E-state index contributed by atoms with van der Waals surface area (Å²) in [6.07, 6.45) is 0. The highest BCUT2D eigenvalue weighted by atomic mass is 35.5. The molecule has 0 unspecified atom stereocenters. The lowest BCUT2D eigenvalue weighted by Gasteiger charge is -1.98. The summed E-state index contributed by atoms with van der Waals surface area (Å²) in [5.74, 6) is 0. The van der Waals surface area contributed by atoms with Gasteiger partial charge < -0.3 is 4.98 Å². The van der Waals surface area contributed by atoms with E-state index in [0.717, 1.165) is 0 Å². The first-order valence-electron chi connectivity index (χ1n) is 4.05. The molecule has 0 spiro atoms. The quantitative estimate of drug-likeness (QED) is 0.458. The number of H-pyrrole nitrogens is 1. The first-order valence-corrected chi connectivity index (χ1v) is 4.43. The maximum Gasteiger partial charge on any atom is 0.277 e. The van der Waals surface area contributed by atoms with Crippen molar-refractivity contribution < 1.29 is 4.92 Å². The van der Waals surface area contributed by atoms with Crippen LogP contribution in [-0.4, -0.2) is 9.91 Å². The molecule has 0 aliphatic heterocycles. The molecule has 0 aliphatic rings. The summed E-state index contributed by atoms with van der Waals surface area (Å²) in [4.78, 5) is 23.9. The van der Waals surface area contributed by atoms with Crippen molar-refractivity contribution in [1.82, 2.24) is 4.98 Å². The number of non-ortho nitro benzene ring substituents is 1. The van der Waals surface area contributed by atoms with E-state index in [1.807, 2.05) is 0 Å². The summed E-state index contributed by atoms with van der Waals surface area (Å²) < 4.78 is 0. The Kier molecular flexibility index (Phi) is 2.17. The number of aromatic nitrogens is 1. The highest BCUT2D eigenvalue weighted by Gasteiger charge is 2.13. The van der Waals surface area contributed by atoms with Crippen LogP contribution in [0.25, 0.3) is 10.8 Å². The molecule has 2 aromatic rings. The Bertz CT molecular complexity index is 606. The van der Waals surface area contributed by atoms with Gasteiger partial charge in [-0.2, -0.15) is 0 Å². The second kappa shape index (κ2) is 3.36. The van der Waals surface area contributed by atoms with Gasteiger partial charge in [-0.1, -0.05) is 17.7 Å². The second-order valence-electron chi connectivity index (χ2n) is 2.94. The smallest absolute Gasteiger partial charge is 0.277 e. The molecule has 0 bridgehead atoms. The van der Waals surface area contributed by atoms with E-state index in [1.54, 1.807) is 0 Å². The number of hydrogen-bond donors (Lipinski definition) is 1. The minimum Gasteiger partial charge on any atom is -0.312 e. The van der Waals surface area contributed by atoms with Crippen molar-refractivity contribution in [2.75, 3.05) is 0 Å². The molecule has 0 amide bonds. The van der Waals surface area contributed by atoms with Crippen molar-refractivity contribution in [1.29, 1.82) is 0 Å². The predicted molar refractivity (Wildman–Crippen MR) is 56.2 cm³/mol. The van der Waals surface area contributed by atoms with Crippen molar-refractivity contribution in [3.05, 3.63) is 49.9 Å². The van der Waals surface area contributed by atoms with Crippen molar-refractivity contribution in [3.8, 4) is 0 Å². The van der Waals surface area contributed by atoms with Crippen molar-refractivity contribution in [2.24, 2.45) is 0 Å². The van der Waals surface area contributed by atoms with Gasteiger partial charge in [-0.15, -0.1) is 0 Å². The van der Waals surface area contributed by atoms with Gasteiger partial charge in [-0.05, 0) is 12.1 Å². The van der Waals surface area contributed by atoms with Crippen LogP contribution in [0.1, 0.15) is 0 Å². The van der Waals surface area contributed by atoms with Crippen LogP contribution in [0.5, 0.6) is 0 Å². The lowest BCUT2D eigenvalue weighted by atomic mass is 10.1. The predicted octanol–water partition coefficient (Wildman–Crippen LogP) is 2.09. The van der Waals surface area contributed by atoms with E-state index in [-0.39, 0.29) is 21.6 Å². The molecule has 1 aromatic heterocycles. The van der Waals surface area contributed by atoms with E-state index in [2.05, 4.69) is 4.98 Å². The number of nitrogens with one attached hydrogen (secondary N) is 1. The number of hydrogen-bond acceptors (Lipinski definition) is 3. The Morgan fingerprint density at radius 3 is 2.73 bits per heavy atom. The highest BCUT2D eigenvalue weighted by molar-refractivity contribution is 6.30. The summed E-state index contributed by atoms with van der Waals surface area (Å²) in [6, 6.07) is 5.68. The molecule has 1 N–H and O–H groups in total. The van der Waals surface area contributed by atoms with E-state index >= 15 is 0 Å². The van der Waals surface area contributed by atoms with Crippen LogP contribution in [0, 0.1) is 10.1 Å². The van der Waals surface area contributed by atoms with Crippen LogP contribution in [0.15, 0.2) is 29.1 Å². The maximum atomic E-state index is 11.4. The Labute approximate surface area is 88.5 Å². The zero-order chi connectivity index (χ0) is 11.0. The Hall–Kier alpha value is -1.88. The topological polar surface area (TPSA) is 76.0 Å². The lowest BCUT2D eigenvalue weighted by Crippen LogP contribution is -2.06. The number of rotatable bonds is 1. The number of nitrogens with zero attached hydrogens (tertiary/aromatic N) is 1. The highest BCUT2D eigenvalue weighted by Crippen LogP contribution is 2.24. The number of nitro groups is 1. The van der Waals surface area contributed by atoms with Crippen LogP contribution in [0.4, 0.5) is 5.69 Å². The van der Waals surface area contributed by atoms with Gasteiger partial charge in [0.1, 0.15) is 5.15 Å². The van der Waals surface area contributed by atoms with Crippen LogP contribution in [0.2, 0.25) is 5.15 Å². The number of aromatic amines is 1. The Balaban J connectivity index is 2.97. The molecule has 6 heteroatoms. The monoisotopic (exact) mass is 224 g/mol. The summed E-state index contributed by atoms with van der Waals surface area (Å²) in [5, 5.41) is 11.3. The van der Waals surface area contributed by atoms with E-state index < -0.39 is 10.5 Å². The second-order valence-corrected chi connectivity index (χ2v) is 3.35. The fraction of sp³-hybridized carbons (Fsp3) is 0. The molecule has 0 fully saturated rings. The van der Waals surface area contributed by atoms with Crippen LogP contribution >= 0.6 is 11.6 Å². The van der Waals surface area contributed by atoms with Crippen molar-refractivity contribution in [2.45, 2.75) is 0 Å². The summed E-state index contributed by atoms with van der Waals surface area (Å²) in [5.41, 5.74) is -0.554. The van der Waals surface area contributed by atoms with E-state index in [9.17, 15) is 14.9 Å². The number of halogens is 1. The van der Waals surface area contributed by atoms with E-state index in [0.29, 0.717) is 0 Å². The van der Waals surface area contributed by atoms with Crippen LogP contribution in [-0.2, 0) is 0 Å². The number of benzene rings is 1. The Morgan fingerprint density at radius 1 is 1.33 bits per heavy atom. The summed E-state index contributed by atoms with van der Waals surface area (Å²) in [7, 11) is 0.